The third kappa shape index (κ3) is 2.37. The number of fused-ring (bicyclic) bond motifs is 3. The summed E-state index contributed by atoms with van der Waals surface area (Å²) in [6.07, 6.45) is 2.10. The highest BCUT2D eigenvalue weighted by molar-refractivity contribution is 6.05. The first-order valence-corrected chi connectivity index (χ1v) is 8.87. The van der Waals surface area contributed by atoms with Crippen LogP contribution in [0.25, 0.3) is 11.0 Å². The van der Waals surface area contributed by atoms with Gasteiger partial charge in [-0.1, -0.05) is 30.3 Å². The third-order valence-electron chi connectivity index (χ3n) is 4.98. The van der Waals surface area contributed by atoms with Gasteiger partial charge in [0, 0.05) is 11.7 Å². The van der Waals surface area contributed by atoms with Crippen LogP contribution in [0.5, 0.6) is 0 Å². The highest BCUT2D eigenvalue weighted by Crippen LogP contribution is 2.42. The van der Waals surface area contributed by atoms with E-state index < -0.39 is 6.04 Å². The molecule has 6 nitrogen and oxygen atoms in total. The lowest BCUT2D eigenvalue weighted by Gasteiger charge is -2.15. The molecule has 2 amide bonds. The Labute approximate surface area is 150 Å². The van der Waals surface area contributed by atoms with Gasteiger partial charge in [0.05, 0.1) is 17.5 Å². The molecule has 3 aromatic rings. The summed E-state index contributed by atoms with van der Waals surface area (Å²) in [5, 5.41) is 2.88. The van der Waals surface area contributed by atoms with Gasteiger partial charge in [-0.15, -0.1) is 0 Å². The van der Waals surface area contributed by atoms with Crippen LogP contribution in [-0.4, -0.2) is 27.4 Å². The van der Waals surface area contributed by atoms with Gasteiger partial charge in [-0.05, 0) is 37.1 Å². The van der Waals surface area contributed by atoms with E-state index in [-0.39, 0.29) is 24.3 Å². The average Bonchev–Trinajstić information content (AvgIpc) is 3.35. The van der Waals surface area contributed by atoms with Crippen molar-refractivity contribution in [3.05, 3.63) is 54.6 Å². The molecule has 1 aliphatic carbocycles. The molecule has 5 rings (SSSR count). The van der Waals surface area contributed by atoms with Crippen molar-refractivity contribution >= 4 is 34.5 Å². The molecule has 0 radical (unpaired) electrons. The maximum absolute atomic E-state index is 13.0. The van der Waals surface area contributed by atoms with Gasteiger partial charge >= 0.3 is 0 Å². The Morgan fingerprint density at radius 3 is 2.58 bits per heavy atom. The molecule has 2 aliphatic rings. The van der Waals surface area contributed by atoms with Gasteiger partial charge in [0.1, 0.15) is 6.04 Å². The molecule has 1 aromatic heterocycles. The van der Waals surface area contributed by atoms with Gasteiger partial charge in [-0.3, -0.25) is 19.1 Å². The Morgan fingerprint density at radius 2 is 1.81 bits per heavy atom. The zero-order chi connectivity index (χ0) is 17.7. The Kier molecular flexibility index (Phi) is 3.31. The summed E-state index contributed by atoms with van der Waals surface area (Å²) in [5.41, 5.74) is 2.49. The van der Waals surface area contributed by atoms with Crippen LogP contribution in [0.1, 0.15) is 25.3 Å². The molecule has 2 aromatic carbocycles. The van der Waals surface area contributed by atoms with E-state index in [1.54, 1.807) is 4.90 Å². The first-order valence-electron chi connectivity index (χ1n) is 8.87. The predicted molar refractivity (Wildman–Crippen MR) is 99.0 cm³/mol. The average molecular weight is 346 g/mol. The fraction of sp³-hybridized carbons (Fsp3) is 0.250. The standard InChI is InChI=1S/C20H18N4O2/c25-18(21-13-6-2-1-3-7-13)12-17-19(26)23(14-10-11-14)20-22-15-8-4-5-9-16(15)24(17)20/h1-9,14,17H,10-12H2,(H,21,25). The van der Waals surface area contributed by atoms with E-state index in [1.807, 2.05) is 59.2 Å². The number of carbonyl (C=O) groups is 2. The molecule has 0 spiro atoms. The van der Waals surface area contributed by atoms with Crippen molar-refractivity contribution in [2.75, 3.05) is 10.2 Å². The minimum Gasteiger partial charge on any atom is -0.326 e. The first-order chi connectivity index (χ1) is 12.7. The smallest absolute Gasteiger partial charge is 0.253 e. The van der Waals surface area contributed by atoms with E-state index in [0.29, 0.717) is 5.95 Å². The zero-order valence-corrected chi connectivity index (χ0v) is 14.1. The summed E-state index contributed by atoms with van der Waals surface area (Å²) in [5.74, 6) is 0.483. The van der Waals surface area contributed by atoms with Crippen LogP contribution in [0.15, 0.2) is 54.6 Å². The van der Waals surface area contributed by atoms with Crippen molar-refractivity contribution in [2.45, 2.75) is 31.3 Å². The van der Waals surface area contributed by atoms with Gasteiger partial charge in [-0.2, -0.15) is 0 Å². The van der Waals surface area contributed by atoms with Crippen LogP contribution >= 0.6 is 0 Å². The van der Waals surface area contributed by atoms with Crippen LogP contribution in [0.3, 0.4) is 0 Å². The molecule has 1 aliphatic heterocycles. The zero-order valence-electron chi connectivity index (χ0n) is 14.1. The molecule has 0 saturated heterocycles. The second-order valence-corrected chi connectivity index (χ2v) is 6.84. The number of nitrogens with zero attached hydrogens (tertiary/aromatic N) is 3. The number of para-hydroxylation sites is 3. The molecule has 6 heteroatoms. The van der Waals surface area contributed by atoms with E-state index in [0.717, 1.165) is 29.6 Å². The molecule has 130 valence electrons. The van der Waals surface area contributed by atoms with E-state index in [1.165, 1.54) is 0 Å². The minimum atomic E-state index is -0.540. The molecule has 0 bridgehead atoms. The summed E-state index contributed by atoms with van der Waals surface area (Å²) in [7, 11) is 0. The maximum atomic E-state index is 13.0. The molecule has 26 heavy (non-hydrogen) atoms. The number of hydrogen-bond acceptors (Lipinski definition) is 3. The fourth-order valence-corrected chi connectivity index (χ4v) is 3.64. The van der Waals surface area contributed by atoms with E-state index in [4.69, 9.17) is 0 Å². The van der Waals surface area contributed by atoms with Crippen molar-refractivity contribution < 1.29 is 9.59 Å². The van der Waals surface area contributed by atoms with E-state index >= 15 is 0 Å². The van der Waals surface area contributed by atoms with E-state index in [9.17, 15) is 9.59 Å². The van der Waals surface area contributed by atoms with Crippen LogP contribution in [0, 0.1) is 0 Å². The number of nitrogens with one attached hydrogen (secondary N) is 1. The Morgan fingerprint density at radius 1 is 1.08 bits per heavy atom. The number of anilines is 2. The number of hydrogen-bond donors (Lipinski definition) is 1. The molecule has 1 fully saturated rings. The highest BCUT2D eigenvalue weighted by atomic mass is 16.2. The number of amides is 2. The van der Waals surface area contributed by atoms with Crippen LogP contribution < -0.4 is 10.2 Å². The van der Waals surface area contributed by atoms with Crippen molar-refractivity contribution in [1.29, 1.82) is 0 Å². The lowest BCUT2D eigenvalue weighted by atomic mass is 10.1. The number of rotatable bonds is 4. The number of carbonyl (C=O) groups excluding carboxylic acids is 2. The lowest BCUT2D eigenvalue weighted by molar-refractivity contribution is -0.124. The Balaban J connectivity index is 1.49. The molecular formula is C20H18N4O2. The Hall–Kier alpha value is -3.15. The summed E-state index contributed by atoms with van der Waals surface area (Å²) in [4.78, 5) is 32.0. The predicted octanol–water partition coefficient (Wildman–Crippen LogP) is 3.12. The Bertz CT molecular complexity index is 1010. The number of benzene rings is 2. The molecule has 1 atom stereocenters. The quantitative estimate of drug-likeness (QED) is 0.789. The SMILES string of the molecule is O=C(CC1C(=O)N(C2CC2)c2nc3ccccc3n21)Nc1ccccc1. The maximum Gasteiger partial charge on any atom is 0.253 e. The van der Waals surface area contributed by atoms with Crippen LogP contribution in [0.4, 0.5) is 11.6 Å². The summed E-state index contributed by atoms with van der Waals surface area (Å²) in [6.45, 7) is 0. The number of imidazole rings is 1. The highest BCUT2D eigenvalue weighted by Gasteiger charge is 2.47. The second-order valence-electron chi connectivity index (χ2n) is 6.84. The van der Waals surface area contributed by atoms with Gasteiger partial charge in [0.2, 0.25) is 11.9 Å². The molecule has 1 saturated carbocycles. The monoisotopic (exact) mass is 346 g/mol. The van der Waals surface area contributed by atoms with Crippen LogP contribution in [0.2, 0.25) is 0 Å². The normalized spacial score (nSPS) is 19.0. The van der Waals surface area contributed by atoms with E-state index in [2.05, 4.69) is 10.3 Å². The van der Waals surface area contributed by atoms with Gasteiger partial charge < -0.3 is 5.32 Å². The fourth-order valence-electron chi connectivity index (χ4n) is 3.64. The van der Waals surface area contributed by atoms with Gasteiger partial charge in [0.15, 0.2) is 0 Å². The summed E-state index contributed by atoms with van der Waals surface area (Å²) in [6, 6.07) is 16.8. The van der Waals surface area contributed by atoms with Crippen molar-refractivity contribution in [3.8, 4) is 0 Å². The van der Waals surface area contributed by atoms with Crippen molar-refractivity contribution in [1.82, 2.24) is 9.55 Å². The van der Waals surface area contributed by atoms with Crippen molar-refractivity contribution in [3.63, 3.8) is 0 Å². The lowest BCUT2D eigenvalue weighted by Crippen LogP contribution is -2.33. The largest absolute Gasteiger partial charge is 0.326 e. The molecule has 1 N–H and O–H groups in total. The van der Waals surface area contributed by atoms with Gasteiger partial charge in [-0.25, -0.2) is 4.98 Å². The van der Waals surface area contributed by atoms with Gasteiger partial charge in [0.25, 0.3) is 5.91 Å². The van der Waals surface area contributed by atoms with Crippen LogP contribution in [-0.2, 0) is 9.59 Å². The topological polar surface area (TPSA) is 67.2 Å². The molecular weight excluding hydrogens is 328 g/mol. The van der Waals surface area contributed by atoms with Crippen molar-refractivity contribution in [2.24, 2.45) is 0 Å². The second kappa shape index (κ2) is 5.69. The molecule has 1 unspecified atom stereocenters. The summed E-state index contributed by atoms with van der Waals surface area (Å²) < 4.78 is 1.93. The third-order valence-corrected chi connectivity index (χ3v) is 4.98. The first kappa shape index (κ1) is 15.1. The summed E-state index contributed by atoms with van der Waals surface area (Å²) >= 11 is 0. The molecule has 2 heterocycles. The minimum absolute atomic E-state index is 0.0241. The number of aromatic nitrogens is 2.